The molecule has 1 aliphatic heterocycles. The highest BCUT2D eigenvalue weighted by atomic mass is 16.3. The normalized spacial score (nSPS) is 14.9. The summed E-state index contributed by atoms with van der Waals surface area (Å²) in [6, 6.07) is 5.80. The fraction of sp³-hybridized carbons (Fsp3) is 0.250. The molecule has 2 amide bonds. The number of nitrogens with one attached hydrogen (secondary N) is 1. The van der Waals surface area contributed by atoms with Gasteiger partial charge >= 0.3 is 0 Å². The number of aryl methyl sites for hydroxylation is 2. The van der Waals surface area contributed by atoms with E-state index in [-0.39, 0.29) is 18.8 Å². The topological polar surface area (TPSA) is 74.6 Å². The zero-order chi connectivity index (χ0) is 15.9. The lowest BCUT2D eigenvalue weighted by molar-refractivity contribution is -0.137. The third-order valence-electron chi connectivity index (χ3n) is 3.80. The molecule has 0 aliphatic carbocycles. The van der Waals surface area contributed by atoms with E-state index >= 15 is 0 Å². The van der Waals surface area contributed by atoms with Crippen molar-refractivity contribution in [1.29, 1.82) is 0 Å². The largest absolute Gasteiger partial charge is 0.395 e. The Bertz CT molecular complexity index is 804. The lowest BCUT2D eigenvalue weighted by Crippen LogP contribution is -2.34. The minimum atomic E-state index is -0.415. The number of carbonyl (C=O) groups is 2. The standard InChI is InChI=1S/C16H17N3O3/c1-10-9-18(2)14-7-11(3-4-12(10)14)17-13-8-15(21)19(5-6-20)16(13)22/h3-4,7-9,17,20H,5-6H2,1-2H3. The van der Waals surface area contributed by atoms with Crippen LogP contribution in [0.4, 0.5) is 5.69 Å². The molecule has 1 aromatic heterocycles. The van der Waals surface area contributed by atoms with E-state index in [1.165, 1.54) is 11.6 Å². The first-order chi connectivity index (χ1) is 10.5. The molecule has 0 saturated heterocycles. The third-order valence-corrected chi connectivity index (χ3v) is 3.80. The average Bonchev–Trinajstić information content (AvgIpc) is 2.91. The van der Waals surface area contributed by atoms with E-state index in [2.05, 4.69) is 5.32 Å². The van der Waals surface area contributed by atoms with E-state index in [4.69, 9.17) is 5.11 Å². The molecule has 0 saturated carbocycles. The Hall–Kier alpha value is -2.60. The first-order valence-electron chi connectivity index (χ1n) is 7.02. The first kappa shape index (κ1) is 14.3. The number of fused-ring (bicyclic) bond motifs is 1. The van der Waals surface area contributed by atoms with Gasteiger partial charge in [0.1, 0.15) is 5.70 Å². The Balaban J connectivity index is 1.88. The van der Waals surface area contributed by atoms with Gasteiger partial charge in [-0.05, 0) is 24.6 Å². The van der Waals surface area contributed by atoms with E-state index in [0.29, 0.717) is 0 Å². The molecule has 2 N–H and O–H groups in total. The van der Waals surface area contributed by atoms with Crippen LogP contribution in [0.25, 0.3) is 10.9 Å². The molecule has 0 unspecified atom stereocenters. The van der Waals surface area contributed by atoms with Gasteiger partial charge in [0.05, 0.1) is 18.7 Å². The molecule has 0 fully saturated rings. The maximum atomic E-state index is 12.1. The molecule has 0 radical (unpaired) electrons. The van der Waals surface area contributed by atoms with E-state index in [0.717, 1.165) is 21.5 Å². The van der Waals surface area contributed by atoms with Crippen LogP contribution in [0.5, 0.6) is 0 Å². The van der Waals surface area contributed by atoms with Crippen LogP contribution in [0.1, 0.15) is 5.56 Å². The molecule has 1 aliphatic rings. The third kappa shape index (κ3) is 2.27. The monoisotopic (exact) mass is 299 g/mol. The van der Waals surface area contributed by atoms with Gasteiger partial charge in [0.2, 0.25) is 0 Å². The van der Waals surface area contributed by atoms with Crippen LogP contribution < -0.4 is 5.32 Å². The van der Waals surface area contributed by atoms with E-state index in [1.54, 1.807) is 0 Å². The Morgan fingerprint density at radius 1 is 1.27 bits per heavy atom. The Morgan fingerprint density at radius 3 is 2.77 bits per heavy atom. The summed E-state index contributed by atoms with van der Waals surface area (Å²) in [7, 11) is 1.96. The summed E-state index contributed by atoms with van der Waals surface area (Å²) in [5, 5.41) is 13.0. The number of carbonyl (C=O) groups excluding carboxylic acids is 2. The van der Waals surface area contributed by atoms with Crippen LogP contribution in [-0.4, -0.2) is 39.5 Å². The zero-order valence-corrected chi connectivity index (χ0v) is 12.5. The number of anilines is 1. The van der Waals surface area contributed by atoms with Gasteiger partial charge in [0.15, 0.2) is 0 Å². The van der Waals surface area contributed by atoms with Gasteiger partial charge in [-0.2, -0.15) is 0 Å². The lowest BCUT2D eigenvalue weighted by Gasteiger charge is -2.13. The van der Waals surface area contributed by atoms with Crippen molar-refractivity contribution in [2.24, 2.45) is 7.05 Å². The SMILES string of the molecule is Cc1cn(C)c2cc(NC3=CC(=O)N(CCO)C3=O)ccc12. The average molecular weight is 299 g/mol. The second kappa shape index (κ2) is 5.31. The van der Waals surface area contributed by atoms with Crippen molar-refractivity contribution >= 4 is 28.4 Å². The molecular weight excluding hydrogens is 282 g/mol. The van der Waals surface area contributed by atoms with Gasteiger partial charge < -0.3 is 15.0 Å². The summed E-state index contributed by atoms with van der Waals surface area (Å²) in [4.78, 5) is 24.8. The summed E-state index contributed by atoms with van der Waals surface area (Å²) in [6.07, 6.45) is 3.30. The molecule has 22 heavy (non-hydrogen) atoms. The number of β-amino-alcohol motifs (C(OH)–C–C–N with tert-alkyl or cyclic N) is 1. The second-order valence-electron chi connectivity index (χ2n) is 5.36. The summed E-state index contributed by atoms with van der Waals surface area (Å²) in [6.45, 7) is 1.81. The quantitative estimate of drug-likeness (QED) is 0.830. The number of aliphatic hydroxyl groups excluding tert-OH is 1. The van der Waals surface area contributed by atoms with Gasteiger partial charge in [-0.25, -0.2) is 0 Å². The van der Waals surface area contributed by atoms with Crippen LogP contribution >= 0.6 is 0 Å². The Morgan fingerprint density at radius 2 is 2.05 bits per heavy atom. The molecule has 2 heterocycles. The highest BCUT2D eigenvalue weighted by Crippen LogP contribution is 2.25. The smallest absolute Gasteiger partial charge is 0.277 e. The molecule has 1 aromatic carbocycles. The van der Waals surface area contributed by atoms with Crippen molar-refractivity contribution in [3.8, 4) is 0 Å². The van der Waals surface area contributed by atoms with Gasteiger partial charge in [-0.15, -0.1) is 0 Å². The minimum absolute atomic E-state index is 0.00931. The first-order valence-corrected chi connectivity index (χ1v) is 7.02. The predicted molar refractivity (Wildman–Crippen MR) is 83.2 cm³/mol. The van der Waals surface area contributed by atoms with Crippen LogP contribution in [0.2, 0.25) is 0 Å². The molecule has 0 bridgehead atoms. The summed E-state index contributed by atoms with van der Waals surface area (Å²) >= 11 is 0. The Kier molecular flexibility index (Phi) is 3.46. The Labute approximate surface area is 127 Å². The highest BCUT2D eigenvalue weighted by Gasteiger charge is 2.30. The zero-order valence-electron chi connectivity index (χ0n) is 12.5. The summed E-state index contributed by atoms with van der Waals surface area (Å²) < 4.78 is 2.02. The number of aliphatic hydroxyl groups is 1. The van der Waals surface area contributed by atoms with Crippen LogP contribution in [0.15, 0.2) is 36.2 Å². The number of nitrogens with zero attached hydrogens (tertiary/aromatic N) is 2. The van der Waals surface area contributed by atoms with Gasteiger partial charge in [0, 0.05) is 30.4 Å². The van der Waals surface area contributed by atoms with Crippen molar-refractivity contribution in [3.63, 3.8) is 0 Å². The van der Waals surface area contributed by atoms with E-state index in [1.807, 2.05) is 42.9 Å². The molecule has 0 atom stereocenters. The number of hydrogen-bond donors (Lipinski definition) is 2. The maximum Gasteiger partial charge on any atom is 0.277 e. The number of hydrogen-bond acceptors (Lipinski definition) is 4. The number of aromatic nitrogens is 1. The number of benzene rings is 1. The fourth-order valence-corrected chi connectivity index (χ4v) is 2.73. The van der Waals surface area contributed by atoms with Crippen LogP contribution in [-0.2, 0) is 16.6 Å². The molecule has 3 rings (SSSR count). The number of amides is 2. The van der Waals surface area contributed by atoms with Gasteiger partial charge in [-0.1, -0.05) is 6.07 Å². The van der Waals surface area contributed by atoms with Crippen molar-refractivity contribution in [1.82, 2.24) is 9.47 Å². The summed E-state index contributed by atoms with van der Waals surface area (Å²) in [5.41, 5.74) is 3.20. The van der Waals surface area contributed by atoms with Crippen molar-refractivity contribution in [2.75, 3.05) is 18.5 Å². The predicted octanol–water partition coefficient (Wildman–Crippen LogP) is 1.14. The van der Waals surface area contributed by atoms with E-state index in [9.17, 15) is 9.59 Å². The van der Waals surface area contributed by atoms with Crippen molar-refractivity contribution in [2.45, 2.75) is 6.92 Å². The van der Waals surface area contributed by atoms with Crippen molar-refractivity contribution < 1.29 is 14.7 Å². The minimum Gasteiger partial charge on any atom is -0.395 e. The molecule has 6 nitrogen and oxygen atoms in total. The number of imide groups is 1. The molecule has 0 spiro atoms. The highest BCUT2D eigenvalue weighted by molar-refractivity contribution is 6.17. The lowest BCUT2D eigenvalue weighted by atomic mass is 10.2. The number of rotatable bonds is 4. The second-order valence-corrected chi connectivity index (χ2v) is 5.36. The molecule has 114 valence electrons. The fourth-order valence-electron chi connectivity index (χ4n) is 2.73. The molecule has 2 aromatic rings. The van der Waals surface area contributed by atoms with Crippen LogP contribution in [0, 0.1) is 6.92 Å². The maximum absolute atomic E-state index is 12.1. The van der Waals surface area contributed by atoms with E-state index < -0.39 is 11.8 Å². The van der Waals surface area contributed by atoms with Gasteiger partial charge in [0.25, 0.3) is 11.8 Å². The molecule has 6 heteroatoms. The van der Waals surface area contributed by atoms with Crippen molar-refractivity contribution in [3.05, 3.63) is 41.7 Å². The van der Waals surface area contributed by atoms with Gasteiger partial charge in [-0.3, -0.25) is 14.5 Å². The van der Waals surface area contributed by atoms with Crippen LogP contribution in [0.3, 0.4) is 0 Å². The summed E-state index contributed by atoms with van der Waals surface area (Å²) in [5.74, 6) is -0.820. The molecular formula is C16H17N3O3.